The van der Waals surface area contributed by atoms with Gasteiger partial charge >= 0.3 is 0 Å². The average Bonchev–Trinajstić information content (AvgIpc) is 2.63. The number of hydrogen-bond acceptors (Lipinski definition) is 5. The van der Waals surface area contributed by atoms with Crippen molar-refractivity contribution in [2.45, 2.75) is 20.3 Å². The van der Waals surface area contributed by atoms with Crippen LogP contribution in [0.1, 0.15) is 17.5 Å². The van der Waals surface area contributed by atoms with E-state index >= 15 is 0 Å². The fourth-order valence-corrected chi connectivity index (χ4v) is 2.62. The van der Waals surface area contributed by atoms with E-state index in [1.807, 2.05) is 38.1 Å². The summed E-state index contributed by atoms with van der Waals surface area (Å²) in [5.74, 6) is -0.168. The molecule has 0 aliphatic heterocycles. The Labute approximate surface area is 161 Å². The van der Waals surface area contributed by atoms with Crippen LogP contribution in [0.25, 0.3) is 0 Å². The van der Waals surface area contributed by atoms with Gasteiger partial charge in [-0.05, 0) is 43.2 Å². The molecule has 0 unspecified atom stereocenters. The number of nitriles is 1. The molecule has 0 aliphatic carbocycles. The van der Waals surface area contributed by atoms with Crippen molar-refractivity contribution in [3.05, 3.63) is 62.7 Å². The van der Waals surface area contributed by atoms with E-state index in [-0.39, 0.29) is 41.9 Å². The van der Waals surface area contributed by atoms with Crippen molar-refractivity contribution in [3.8, 4) is 11.8 Å². The highest BCUT2D eigenvalue weighted by molar-refractivity contribution is 6.32. The molecule has 27 heavy (non-hydrogen) atoms. The number of non-ortho nitro benzene ring substituents is 1. The zero-order valence-corrected chi connectivity index (χ0v) is 15.7. The Balaban J connectivity index is 2.15. The van der Waals surface area contributed by atoms with Crippen molar-refractivity contribution in [1.29, 1.82) is 5.26 Å². The maximum absolute atomic E-state index is 12.6. The molecule has 0 radical (unpaired) electrons. The lowest BCUT2D eigenvalue weighted by Crippen LogP contribution is -2.35. The number of rotatable bonds is 7. The number of nitro groups is 1. The highest BCUT2D eigenvalue weighted by Gasteiger charge is 2.18. The van der Waals surface area contributed by atoms with Gasteiger partial charge in [0.15, 0.2) is 6.61 Å². The summed E-state index contributed by atoms with van der Waals surface area (Å²) >= 11 is 5.98. The predicted octanol–water partition coefficient (Wildman–Crippen LogP) is 4.19. The molecular formula is C19H18ClN3O4. The quantitative estimate of drug-likeness (QED) is 0.524. The molecule has 140 valence electrons. The van der Waals surface area contributed by atoms with Crippen molar-refractivity contribution >= 4 is 28.9 Å². The van der Waals surface area contributed by atoms with Crippen LogP contribution in [0.3, 0.4) is 0 Å². The SMILES string of the molecule is Cc1ccc(N(CCC#N)C(=O)COc2ccc([N+](=O)[O-])cc2Cl)cc1C. The largest absolute Gasteiger partial charge is 0.482 e. The number of anilines is 1. The number of carbonyl (C=O) groups excluding carboxylic acids is 1. The molecule has 1 amide bonds. The minimum atomic E-state index is -0.565. The van der Waals surface area contributed by atoms with E-state index in [0.717, 1.165) is 17.2 Å². The third kappa shape index (κ3) is 5.19. The van der Waals surface area contributed by atoms with E-state index in [4.69, 9.17) is 21.6 Å². The molecule has 7 nitrogen and oxygen atoms in total. The number of aryl methyl sites for hydroxylation is 2. The van der Waals surface area contributed by atoms with Gasteiger partial charge in [-0.25, -0.2) is 0 Å². The zero-order valence-electron chi connectivity index (χ0n) is 14.9. The molecule has 0 heterocycles. The standard InChI is InChI=1S/C19H18ClN3O4/c1-13-4-5-15(10-14(13)2)22(9-3-8-21)19(24)12-27-18-7-6-16(23(25)26)11-17(18)20/h4-7,10-11H,3,9,12H2,1-2H3. The highest BCUT2D eigenvalue weighted by atomic mass is 35.5. The summed E-state index contributed by atoms with van der Waals surface area (Å²) in [6.07, 6.45) is 0.178. The number of hydrogen-bond donors (Lipinski definition) is 0. The Kier molecular flexibility index (Phi) is 6.74. The first-order valence-corrected chi connectivity index (χ1v) is 8.52. The Morgan fingerprint density at radius 3 is 2.59 bits per heavy atom. The first kappa shape index (κ1) is 20.2. The number of benzene rings is 2. The van der Waals surface area contributed by atoms with Crippen LogP contribution in [0.4, 0.5) is 11.4 Å². The van der Waals surface area contributed by atoms with Crippen molar-refractivity contribution in [3.63, 3.8) is 0 Å². The highest BCUT2D eigenvalue weighted by Crippen LogP contribution is 2.29. The molecule has 0 spiro atoms. The number of nitrogens with zero attached hydrogens (tertiary/aromatic N) is 3. The zero-order chi connectivity index (χ0) is 20.0. The second-order valence-electron chi connectivity index (χ2n) is 5.88. The van der Waals surface area contributed by atoms with E-state index in [2.05, 4.69) is 0 Å². The Hall–Kier alpha value is -3.11. The molecular weight excluding hydrogens is 370 g/mol. The summed E-state index contributed by atoms with van der Waals surface area (Å²) in [6.45, 7) is 3.84. The fourth-order valence-electron chi connectivity index (χ4n) is 2.39. The van der Waals surface area contributed by atoms with Crippen LogP contribution < -0.4 is 9.64 Å². The Morgan fingerprint density at radius 2 is 2.00 bits per heavy atom. The average molecular weight is 388 g/mol. The van der Waals surface area contributed by atoms with Crippen LogP contribution in [0, 0.1) is 35.3 Å². The monoisotopic (exact) mass is 387 g/mol. The van der Waals surface area contributed by atoms with Crippen LogP contribution in [0.15, 0.2) is 36.4 Å². The van der Waals surface area contributed by atoms with Crippen molar-refractivity contribution in [1.82, 2.24) is 0 Å². The first-order chi connectivity index (χ1) is 12.8. The molecule has 0 bridgehead atoms. The summed E-state index contributed by atoms with van der Waals surface area (Å²) < 4.78 is 5.44. The van der Waals surface area contributed by atoms with Gasteiger partial charge in [0, 0.05) is 24.4 Å². The number of nitro benzene ring substituents is 1. The summed E-state index contributed by atoms with van der Waals surface area (Å²) in [4.78, 5) is 24.3. The molecule has 0 aromatic heterocycles. The topological polar surface area (TPSA) is 96.5 Å². The van der Waals surface area contributed by atoms with Gasteiger partial charge in [0.2, 0.25) is 0 Å². The second-order valence-corrected chi connectivity index (χ2v) is 6.29. The number of amides is 1. The van der Waals surface area contributed by atoms with Crippen LogP contribution >= 0.6 is 11.6 Å². The predicted molar refractivity (Wildman–Crippen MR) is 102 cm³/mol. The third-order valence-electron chi connectivity index (χ3n) is 4.03. The fraction of sp³-hybridized carbons (Fsp3) is 0.263. The minimum absolute atomic E-state index is 0.0479. The van der Waals surface area contributed by atoms with Crippen LogP contribution in [-0.4, -0.2) is 24.0 Å². The molecule has 2 aromatic carbocycles. The second kappa shape index (κ2) is 9.01. The van der Waals surface area contributed by atoms with Gasteiger partial charge in [-0.15, -0.1) is 0 Å². The minimum Gasteiger partial charge on any atom is -0.482 e. The maximum Gasteiger partial charge on any atom is 0.271 e. The van der Waals surface area contributed by atoms with E-state index < -0.39 is 4.92 Å². The molecule has 2 aromatic rings. The summed E-state index contributed by atoms with van der Waals surface area (Å²) in [7, 11) is 0. The van der Waals surface area contributed by atoms with E-state index in [1.54, 1.807) is 0 Å². The molecule has 2 rings (SSSR count). The maximum atomic E-state index is 12.6. The van der Waals surface area contributed by atoms with Crippen LogP contribution in [0.2, 0.25) is 5.02 Å². The lowest BCUT2D eigenvalue weighted by Gasteiger charge is -2.23. The van der Waals surface area contributed by atoms with E-state index in [1.165, 1.54) is 17.0 Å². The van der Waals surface area contributed by atoms with Gasteiger partial charge in [0.25, 0.3) is 11.6 Å². The molecule has 0 atom stereocenters. The van der Waals surface area contributed by atoms with Gasteiger partial charge in [-0.1, -0.05) is 17.7 Å². The third-order valence-corrected chi connectivity index (χ3v) is 4.32. The number of ether oxygens (including phenoxy) is 1. The van der Waals surface area contributed by atoms with Gasteiger partial charge in [0.1, 0.15) is 5.75 Å². The van der Waals surface area contributed by atoms with Crippen LogP contribution in [0.5, 0.6) is 5.75 Å². The van der Waals surface area contributed by atoms with Gasteiger partial charge in [0.05, 0.1) is 22.4 Å². The van der Waals surface area contributed by atoms with Crippen molar-refractivity contribution in [2.75, 3.05) is 18.1 Å². The molecule has 0 aliphatic rings. The van der Waals surface area contributed by atoms with Crippen molar-refractivity contribution < 1.29 is 14.5 Å². The molecule has 0 fully saturated rings. The molecule has 8 heteroatoms. The van der Waals surface area contributed by atoms with Gasteiger partial charge in [-0.3, -0.25) is 14.9 Å². The normalized spacial score (nSPS) is 10.1. The van der Waals surface area contributed by atoms with Gasteiger partial charge in [-0.2, -0.15) is 5.26 Å². The molecule has 0 saturated carbocycles. The Morgan fingerprint density at radius 1 is 1.26 bits per heavy atom. The van der Waals surface area contributed by atoms with Crippen molar-refractivity contribution in [2.24, 2.45) is 0 Å². The number of halogens is 1. The van der Waals surface area contributed by atoms with E-state index in [0.29, 0.717) is 5.69 Å². The van der Waals surface area contributed by atoms with Crippen LogP contribution in [-0.2, 0) is 4.79 Å². The first-order valence-electron chi connectivity index (χ1n) is 8.14. The Bertz CT molecular complexity index is 908. The summed E-state index contributed by atoms with van der Waals surface area (Å²) in [5.41, 5.74) is 2.64. The summed E-state index contributed by atoms with van der Waals surface area (Å²) in [6, 6.07) is 11.4. The smallest absolute Gasteiger partial charge is 0.271 e. The summed E-state index contributed by atoms with van der Waals surface area (Å²) in [5, 5.41) is 19.7. The lowest BCUT2D eigenvalue weighted by atomic mass is 10.1. The molecule has 0 saturated heterocycles. The molecule has 0 N–H and O–H groups in total. The van der Waals surface area contributed by atoms with E-state index in [9.17, 15) is 14.9 Å². The van der Waals surface area contributed by atoms with Gasteiger partial charge < -0.3 is 9.64 Å². The number of carbonyl (C=O) groups is 1. The lowest BCUT2D eigenvalue weighted by molar-refractivity contribution is -0.384.